The predicted molar refractivity (Wildman–Crippen MR) is 210 cm³/mol. The van der Waals surface area contributed by atoms with Gasteiger partial charge in [0.15, 0.2) is 0 Å². The zero-order chi connectivity index (χ0) is 35.4. The van der Waals surface area contributed by atoms with Crippen LogP contribution >= 0.6 is 0 Å². The number of carbonyl (C=O) groups is 1. The second kappa shape index (κ2) is 23.7. The summed E-state index contributed by atoms with van der Waals surface area (Å²) in [5, 5.41) is 0. The molecule has 3 nitrogen and oxygen atoms in total. The van der Waals surface area contributed by atoms with Crippen LogP contribution in [0.25, 0.3) is 0 Å². The Morgan fingerprint density at radius 2 is 1.13 bits per heavy atom. The van der Waals surface area contributed by atoms with Gasteiger partial charge in [-0.05, 0) is 99.5 Å². The van der Waals surface area contributed by atoms with E-state index in [0.29, 0.717) is 0 Å². The van der Waals surface area contributed by atoms with Crippen LogP contribution in [0, 0.1) is 38.5 Å². The fraction of sp³-hybridized carbons (Fsp3) is 0.791. The maximum Gasteiger partial charge on any atom is 0.308 e. The molecule has 0 bridgehead atoms. The van der Waals surface area contributed by atoms with Crippen LogP contribution in [-0.4, -0.2) is 14.3 Å². The van der Waals surface area contributed by atoms with E-state index in [4.69, 9.17) is 9.16 Å². The number of hydrogen-bond acceptors (Lipinski definition) is 3. The number of rotatable bonds is 26. The smallest absolute Gasteiger partial charge is 0.308 e. The maximum atomic E-state index is 12.2. The van der Waals surface area contributed by atoms with Crippen molar-refractivity contribution in [3.05, 3.63) is 33.9 Å². The van der Waals surface area contributed by atoms with Gasteiger partial charge in [-0.1, -0.05) is 144 Å². The summed E-state index contributed by atoms with van der Waals surface area (Å²) >= 11 is 0. The van der Waals surface area contributed by atoms with Gasteiger partial charge < -0.3 is 9.16 Å². The quantitative estimate of drug-likeness (QED) is 0.0426. The third-order valence-corrected chi connectivity index (χ3v) is 15.1. The lowest BCUT2D eigenvalue weighted by atomic mass is 9.91. The van der Waals surface area contributed by atoms with Crippen molar-refractivity contribution in [2.24, 2.45) is 17.8 Å². The number of hydrogen-bond donors (Lipinski definition) is 0. The molecule has 1 aromatic rings. The van der Waals surface area contributed by atoms with Crippen LogP contribution < -0.4 is 9.16 Å². The molecule has 0 aliphatic heterocycles. The van der Waals surface area contributed by atoms with Crippen molar-refractivity contribution in [1.82, 2.24) is 0 Å². The van der Waals surface area contributed by atoms with Crippen molar-refractivity contribution in [3.8, 4) is 11.5 Å². The second-order valence-electron chi connectivity index (χ2n) is 15.8. The van der Waals surface area contributed by atoms with Crippen molar-refractivity contribution < 1.29 is 14.0 Å². The molecule has 2 unspecified atom stereocenters. The van der Waals surface area contributed by atoms with Crippen molar-refractivity contribution in [1.29, 1.82) is 0 Å². The Balaban J connectivity index is 3.12. The molecule has 0 spiro atoms. The van der Waals surface area contributed by atoms with E-state index in [1.54, 1.807) is 0 Å². The Morgan fingerprint density at radius 3 is 1.60 bits per heavy atom. The highest BCUT2D eigenvalue weighted by molar-refractivity contribution is 6.74. The molecule has 0 saturated heterocycles. The molecule has 0 amide bonds. The molecule has 0 aliphatic carbocycles. The monoisotopic (exact) mass is 671 g/mol. The van der Waals surface area contributed by atoms with Crippen molar-refractivity contribution in [3.63, 3.8) is 0 Å². The molecule has 0 saturated carbocycles. The van der Waals surface area contributed by atoms with Gasteiger partial charge in [-0.3, -0.25) is 4.79 Å². The van der Waals surface area contributed by atoms with Crippen molar-refractivity contribution >= 4 is 14.3 Å². The SMILES string of the molecule is CCCC[Si](CCCC)(CCCC)Oc1c(C)c(C)c(OC(C)=O)c(C)c1C/C=C(\C)CCCC(C)CCCC(C)CCCC(C)C. The molecule has 0 N–H and O–H groups in total. The Hall–Kier alpha value is -1.55. The van der Waals surface area contributed by atoms with Gasteiger partial charge in [0, 0.05) is 12.5 Å². The number of ether oxygens (including phenoxy) is 1. The van der Waals surface area contributed by atoms with Gasteiger partial charge >= 0.3 is 5.97 Å². The summed E-state index contributed by atoms with van der Waals surface area (Å²) in [4.78, 5) is 12.2. The molecule has 4 heteroatoms. The second-order valence-corrected chi connectivity index (χ2v) is 19.9. The zero-order valence-electron chi connectivity index (χ0n) is 33.5. The molecule has 2 atom stereocenters. The molecular formula is C43H78O3Si. The summed E-state index contributed by atoms with van der Waals surface area (Å²) in [6, 6.07) is 3.70. The van der Waals surface area contributed by atoms with E-state index in [9.17, 15) is 4.79 Å². The van der Waals surface area contributed by atoms with E-state index in [1.807, 2.05) is 0 Å². The van der Waals surface area contributed by atoms with Crippen LogP contribution in [0.4, 0.5) is 0 Å². The van der Waals surface area contributed by atoms with Crippen LogP contribution in [0.2, 0.25) is 18.1 Å². The number of allylic oxidation sites excluding steroid dienone is 2. The van der Waals surface area contributed by atoms with Gasteiger partial charge in [-0.25, -0.2) is 0 Å². The Labute approximate surface area is 294 Å². The first-order valence-corrected chi connectivity index (χ1v) is 22.5. The molecule has 0 aliphatic rings. The number of carbonyl (C=O) groups excluding carboxylic acids is 1. The summed E-state index contributed by atoms with van der Waals surface area (Å²) in [5.41, 5.74) is 5.94. The van der Waals surface area contributed by atoms with E-state index in [-0.39, 0.29) is 5.97 Å². The molecule has 272 valence electrons. The molecule has 0 radical (unpaired) electrons. The first-order valence-electron chi connectivity index (χ1n) is 20.0. The minimum absolute atomic E-state index is 0.255. The molecule has 0 heterocycles. The van der Waals surface area contributed by atoms with Gasteiger partial charge in [0.2, 0.25) is 0 Å². The first-order chi connectivity index (χ1) is 22.3. The number of esters is 1. The first kappa shape index (κ1) is 43.5. The van der Waals surface area contributed by atoms with E-state index < -0.39 is 8.32 Å². The Morgan fingerprint density at radius 1 is 0.660 bits per heavy atom. The zero-order valence-corrected chi connectivity index (χ0v) is 34.5. The summed E-state index contributed by atoms with van der Waals surface area (Å²) in [6.07, 6.45) is 22.6. The third-order valence-electron chi connectivity index (χ3n) is 10.6. The highest BCUT2D eigenvalue weighted by Gasteiger charge is 2.37. The van der Waals surface area contributed by atoms with Crippen LogP contribution in [-0.2, 0) is 11.2 Å². The van der Waals surface area contributed by atoms with Gasteiger partial charge in [0.05, 0.1) is 0 Å². The Bertz CT molecular complexity index is 1030. The fourth-order valence-electron chi connectivity index (χ4n) is 7.16. The summed E-state index contributed by atoms with van der Waals surface area (Å²) < 4.78 is 13.3. The highest BCUT2D eigenvalue weighted by atomic mass is 28.4. The molecular weight excluding hydrogens is 593 g/mol. The molecule has 1 aromatic carbocycles. The van der Waals surface area contributed by atoms with E-state index >= 15 is 0 Å². The van der Waals surface area contributed by atoms with Crippen LogP contribution in [0.1, 0.15) is 181 Å². The van der Waals surface area contributed by atoms with Crippen molar-refractivity contribution in [2.45, 2.75) is 204 Å². The average molecular weight is 671 g/mol. The predicted octanol–water partition coefficient (Wildman–Crippen LogP) is 14.2. The summed E-state index contributed by atoms with van der Waals surface area (Å²) in [6.45, 7) is 26.7. The van der Waals surface area contributed by atoms with Gasteiger partial charge in [-0.2, -0.15) is 0 Å². The minimum Gasteiger partial charge on any atom is -0.543 e. The van der Waals surface area contributed by atoms with E-state index in [1.165, 1.54) is 126 Å². The third kappa shape index (κ3) is 16.6. The van der Waals surface area contributed by atoms with Crippen LogP contribution in [0.3, 0.4) is 0 Å². The van der Waals surface area contributed by atoms with E-state index in [0.717, 1.165) is 58.8 Å². The lowest BCUT2D eigenvalue weighted by Gasteiger charge is -2.35. The lowest BCUT2D eigenvalue weighted by Crippen LogP contribution is -2.42. The summed E-state index contributed by atoms with van der Waals surface area (Å²) in [5.74, 6) is 4.08. The number of benzene rings is 1. The highest BCUT2D eigenvalue weighted by Crippen LogP contribution is 2.42. The topological polar surface area (TPSA) is 35.5 Å². The number of unbranched alkanes of at least 4 members (excludes halogenated alkanes) is 3. The maximum absolute atomic E-state index is 12.2. The van der Waals surface area contributed by atoms with Crippen molar-refractivity contribution in [2.75, 3.05) is 0 Å². The molecule has 47 heavy (non-hydrogen) atoms. The standard InChI is InChI=1S/C43H78O3Si/c1-13-16-30-47(31-17-14-2,32-18-15-3)46-43-38(10)37(9)42(45-40(12)44)39(11)41(43)29-28-36(8)27-21-26-35(7)25-20-24-34(6)23-19-22-33(4)5/h28,33-35H,13-27,29-32H2,1-12H3/b36-28+. The van der Waals surface area contributed by atoms with Gasteiger partial charge in [0.1, 0.15) is 11.5 Å². The average Bonchev–Trinajstić information content (AvgIpc) is 3.01. The summed E-state index contributed by atoms with van der Waals surface area (Å²) in [7, 11) is -2.01. The fourth-order valence-corrected chi connectivity index (χ4v) is 11.9. The minimum atomic E-state index is -2.01. The van der Waals surface area contributed by atoms with Gasteiger partial charge in [-0.15, -0.1) is 0 Å². The van der Waals surface area contributed by atoms with Crippen LogP contribution in [0.5, 0.6) is 11.5 Å². The van der Waals surface area contributed by atoms with Crippen LogP contribution in [0.15, 0.2) is 11.6 Å². The largest absolute Gasteiger partial charge is 0.543 e. The molecule has 0 fully saturated rings. The lowest BCUT2D eigenvalue weighted by molar-refractivity contribution is -0.132. The Kier molecular flexibility index (Phi) is 22.0. The molecule has 0 aromatic heterocycles. The normalized spacial score (nSPS) is 13.7. The molecule has 1 rings (SSSR count). The van der Waals surface area contributed by atoms with E-state index in [2.05, 4.69) is 82.2 Å². The van der Waals surface area contributed by atoms with Gasteiger partial charge in [0.25, 0.3) is 8.32 Å².